The second-order valence-corrected chi connectivity index (χ2v) is 4.67. The van der Waals surface area contributed by atoms with Crippen molar-refractivity contribution in [1.29, 1.82) is 0 Å². The molecular formula is C15H17ClN2O2. The lowest BCUT2D eigenvalue weighted by Crippen LogP contribution is -2.13. The van der Waals surface area contributed by atoms with Gasteiger partial charge in [0.05, 0.1) is 19.2 Å². The minimum Gasteiger partial charge on any atom is -0.493 e. The van der Waals surface area contributed by atoms with Crippen molar-refractivity contribution in [2.45, 2.75) is 13.1 Å². The zero-order valence-corrected chi connectivity index (χ0v) is 12.3. The van der Waals surface area contributed by atoms with Gasteiger partial charge in [-0.2, -0.15) is 0 Å². The monoisotopic (exact) mass is 292 g/mol. The van der Waals surface area contributed by atoms with Crippen molar-refractivity contribution in [3.63, 3.8) is 0 Å². The van der Waals surface area contributed by atoms with Crippen molar-refractivity contribution in [3.8, 4) is 11.5 Å². The standard InChI is InChI=1S/C15H17ClN2O2/c1-19-14-4-3-11(7-15(14)20-2)8-18-9-12-5-6-17-10-13(12)16/h3-7,10,18H,8-9H2,1-2H3. The van der Waals surface area contributed by atoms with Crippen LogP contribution in [0.2, 0.25) is 5.02 Å². The van der Waals surface area contributed by atoms with Crippen molar-refractivity contribution in [1.82, 2.24) is 10.3 Å². The molecule has 106 valence electrons. The van der Waals surface area contributed by atoms with Crippen LogP contribution in [0.15, 0.2) is 36.7 Å². The lowest BCUT2D eigenvalue weighted by Gasteiger charge is -2.10. The molecule has 0 amide bonds. The van der Waals surface area contributed by atoms with Gasteiger partial charge >= 0.3 is 0 Å². The third-order valence-electron chi connectivity index (χ3n) is 2.95. The number of pyridine rings is 1. The van der Waals surface area contributed by atoms with Gasteiger partial charge in [0.2, 0.25) is 0 Å². The van der Waals surface area contributed by atoms with Gasteiger partial charge in [-0.3, -0.25) is 4.98 Å². The van der Waals surface area contributed by atoms with Gasteiger partial charge in [-0.15, -0.1) is 0 Å². The van der Waals surface area contributed by atoms with Crippen LogP contribution >= 0.6 is 11.6 Å². The van der Waals surface area contributed by atoms with Gasteiger partial charge in [-0.1, -0.05) is 17.7 Å². The van der Waals surface area contributed by atoms with Gasteiger partial charge < -0.3 is 14.8 Å². The van der Waals surface area contributed by atoms with Crippen LogP contribution < -0.4 is 14.8 Å². The number of nitrogens with one attached hydrogen (secondary N) is 1. The maximum absolute atomic E-state index is 6.05. The molecule has 20 heavy (non-hydrogen) atoms. The number of benzene rings is 1. The van der Waals surface area contributed by atoms with E-state index in [4.69, 9.17) is 21.1 Å². The number of aromatic nitrogens is 1. The Morgan fingerprint density at radius 2 is 1.90 bits per heavy atom. The van der Waals surface area contributed by atoms with E-state index in [-0.39, 0.29) is 0 Å². The van der Waals surface area contributed by atoms with E-state index in [1.165, 1.54) is 0 Å². The summed E-state index contributed by atoms with van der Waals surface area (Å²) in [4.78, 5) is 3.96. The maximum Gasteiger partial charge on any atom is 0.161 e. The lowest BCUT2D eigenvalue weighted by atomic mass is 10.2. The summed E-state index contributed by atoms with van der Waals surface area (Å²) in [5.41, 5.74) is 2.15. The van der Waals surface area contributed by atoms with Crippen LogP contribution in [0.25, 0.3) is 0 Å². The molecule has 4 nitrogen and oxygen atoms in total. The minimum atomic E-state index is 0.673. The molecule has 0 saturated heterocycles. The first-order valence-electron chi connectivity index (χ1n) is 6.24. The van der Waals surface area contributed by atoms with Crippen LogP contribution in [0, 0.1) is 0 Å². The second kappa shape index (κ2) is 7.12. The van der Waals surface area contributed by atoms with Gasteiger partial charge in [0, 0.05) is 25.5 Å². The molecule has 1 aromatic carbocycles. The molecular weight excluding hydrogens is 276 g/mol. The second-order valence-electron chi connectivity index (χ2n) is 4.26. The smallest absolute Gasteiger partial charge is 0.161 e. The maximum atomic E-state index is 6.05. The molecule has 0 bridgehead atoms. The predicted octanol–water partition coefficient (Wildman–Crippen LogP) is 3.04. The van der Waals surface area contributed by atoms with Crippen molar-refractivity contribution < 1.29 is 9.47 Å². The Morgan fingerprint density at radius 3 is 2.60 bits per heavy atom. The van der Waals surface area contributed by atoms with Crippen molar-refractivity contribution in [3.05, 3.63) is 52.8 Å². The van der Waals surface area contributed by atoms with Crippen LogP contribution in [-0.4, -0.2) is 19.2 Å². The number of hydrogen-bond acceptors (Lipinski definition) is 4. The van der Waals surface area contributed by atoms with Gasteiger partial charge in [0.1, 0.15) is 0 Å². The molecule has 5 heteroatoms. The lowest BCUT2D eigenvalue weighted by molar-refractivity contribution is 0.354. The number of rotatable bonds is 6. The van der Waals surface area contributed by atoms with E-state index in [0.717, 1.165) is 29.2 Å². The molecule has 0 spiro atoms. The van der Waals surface area contributed by atoms with E-state index in [9.17, 15) is 0 Å². The highest BCUT2D eigenvalue weighted by Gasteiger charge is 2.04. The largest absolute Gasteiger partial charge is 0.493 e. The average molecular weight is 293 g/mol. The van der Waals surface area contributed by atoms with Crippen LogP contribution in [0.3, 0.4) is 0 Å². The zero-order valence-electron chi connectivity index (χ0n) is 11.5. The molecule has 0 fully saturated rings. The van der Waals surface area contributed by atoms with Crippen molar-refractivity contribution in [2.75, 3.05) is 14.2 Å². The zero-order chi connectivity index (χ0) is 14.4. The van der Waals surface area contributed by atoms with Crippen molar-refractivity contribution >= 4 is 11.6 Å². The van der Waals surface area contributed by atoms with Gasteiger partial charge in [0.15, 0.2) is 11.5 Å². The number of halogens is 1. The third-order valence-corrected chi connectivity index (χ3v) is 3.29. The molecule has 0 radical (unpaired) electrons. The summed E-state index contributed by atoms with van der Waals surface area (Å²) in [5.74, 6) is 1.46. The summed E-state index contributed by atoms with van der Waals surface area (Å²) in [6.07, 6.45) is 3.38. The first-order valence-corrected chi connectivity index (χ1v) is 6.62. The topological polar surface area (TPSA) is 43.4 Å². The van der Waals surface area contributed by atoms with Gasteiger partial charge in [-0.05, 0) is 29.3 Å². The fraction of sp³-hybridized carbons (Fsp3) is 0.267. The number of nitrogens with zero attached hydrogens (tertiary/aromatic N) is 1. The number of hydrogen-bond donors (Lipinski definition) is 1. The molecule has 1 heterocycles. The van der Waals surface area contributed by atoms with Crippen molar-refractivity contribution in [2.24, 2.45) is 0 Å². The molecule has 1 aromatic heterocycles. The fourth-order valence-electron chi connectivity index (χ4n) is 1.88. The summed E-state index contributed by atoms with van der Waals surface area (Å²) in [6, 6.07) is 7.77. The Bertz CT molecular complexity index is 576. The molecule has 0 aliphatic rings. The van der Waals surface area contributed by atoms with Gasteiger partial charge in [-0.25, -0.2) is 0 Å². The fourth-order valence-corrected chi connectivity index (χ4v) is 2.07. The predicted molar refractivity (Wildman–Crippen MR) is 79.3 cm³/mol. The van der Waals surface area contributed by atoms with E-state index < -0.39 is 0 Å². The normalized spacial score (nSPS) is 10.3. The third kappa shape index (κ3) is 3.62. The molecule has 0 unspecified atom stereocenters. The van der Waals surface area contributed by atoms with E-state index in [1.54, 1.807) is 26.6 Å². The van der Waals surface area contributed by atoms with E-state index in [1.807, 2.05) is 24.3 Å². The first kappa shape index (κ1) is 14.6. The van der Waals surface area contributed by atoms with Gasteiger partial charge in [0.25, 0.3) is 0 Å². The number of methoxy groups -OCH3 is 2. The Kier molecular flexibility index (Phi) is 5.21. The van der Waals surface area contributed by atoms with E-state index in [2.05, 4.69) is 10.3 Å². The summed E-state index contributed by atoms with van der Waals surface area (Å²) in [5, 5.41) is 4.01. The van der Waals surface area contributed by atoms with Crippen LogP contribution in [0.1, 0.15) is 11.1 Å². The Hall–Kier alpha value is -1.78. The van der Waals surface area contributed by atoms with Crippen LogP contribution in [-0.2, 0) is 13.1 Å². The Morgan fingerprint density at radius 1 is 1.10 bits per heavy atom. The highest BCUT2D eigenvalue weighted by Crippen LogP contribution is 2.27. The summed E-state index contributed by atoms with van der Waals surface area (Å²) in [6.45, 7) is 1.41. The number of ether oxygens (including phenoxy) is 2. The highest BCUT2D eigenvalue weighted by molar-refractivity contribution is 6.31. The molecule has 0 aliphatic carbocycles. The summed E-state index contributed by atoms with van der Waals surface area (Å²) < 4.78 is 10.5. The highest BCUT2D eigenvalue weighted by atomic mass is 35.5. The molecule has 2 rings (SSSR count). The Balaban J connectivity index is 1.96. The van der Waals surface area contributed by atoms with Crippen LogP contribution in [0.4, 0.5) is 0 Å². The molecule has 0 saturated carbocycles. The van der Waals surface area contributed by atoms with E-state index in [0.29, 0.717) is 11.6 Å². The Labute approximate surface area is 123 Å². The molecule has 1 N–H and O–H groups in total. The summed E-state index contributed by atoms with van der Waals surface area (Å²) >= 11 is 6.05. The molecule has 0 atom stereocenters. The SMILES string of the molecule is COc1ccc(CNCc2ccncc2Cl)cc1OC. The molecule has 2 aromatic rings. The summed E-state index contributed by atoms with van der Waals surface area (Å²) in [7, 11) is 3.26. The molecule has 0 aliphatic heterocycles. The quantitative estimate of drug-likeness (QED) is 0.889. The van der Waals surface area contributed by atoms with E-state index >= 15 is 0 Å². The van der Waals surface area contributed by atoms with Crippen LogP contribution in [0.5, 0.6) is 11.5 Å². The first-order chi connectivity index (χ1) is 9.74. The average Bonchev–Trinajstić information content (AvgIpc) is 2.49. The minimum absolute atomic E-state index is 0.673.